The standard InChI is InChI=1S/C14H19N/c1-10-5-4-6-11-7-8-12(13(10)11)14(2,3)9-15/h4-6,8H,7,9,15H2,1-3H3. The number of hydrogen-bond acceptors (Lipinski definition) is 1. The molecule has 15 heavy (non-hydrogen) atoms. The first-order valence-electron chi connectivity index (χ1n) is 5.56. The normalized spacial score (nSPS) is 15.1. The average Bonchev–Trinajstić information content (AvgIpc) is 2.63. The summed E-state index contributed by atoms with van der Waals surface area (Å²) in [4.78, 5) is 0. The molecule has 0 saturated heterocycles. The Labute approximate surface area is 92.0 Å². The number of benzene rings is 1. The zero-order valence-electron chi connectivity index (χ0n) is 9.80. The molecule has 0 heterocycles. The van der Waals surface area contributed by atoms with Gasteiger partial charge in [-0.2, -0.15) is 0 Å². The van der Waals surface area contributed by atoms with Crippen LogP contribution >= 0.6 is 0 Å². The molecular weight excluding hydrogens is 182 g/mol. The van der Waals surface area contributed by atoms with E-state index in [1.165, 1.54) is 22.3 Å². The van der Waals surface area contributed by atoms with Crippen LogP contribution in [0.5, 0.6) is 0 Å². The molecule has 1 aromatic rings. The first kappa shape index (κ1) is 10.4. The Morgan fingerprint density at radius 2 is 2.07 bits per heavy atom. The van der Waals surface area contributed by atoms with Crippen LogP contribution in [0, 0.1) is 12.3 Å². The van der Waals surface area contributed by atoms with Crippen molar-refractivity contribution in [3.8, 4) is 0 Å². The van der Waals surface area contributed by atoms with E-state index in [2.05, 4.69) is 45.0 Å². The van der Waals surface area contributed by atoms with Crippen molar-refractivity contribution in [3.63, 3.8) is 0 Å². The number of nitrogens with two attached hydrogens (primary N) is 1. The summed E-state index contributed by atoms with van der Waals surface area (Å²) in [5, 5.41) is 0. The lowest BCUT2D eigenvalue weighted by Gasteiger charge is -2.26. The topological polar surface area (TPSA) is 26.0 Å². The van der Waals surface area contributed by atoms with Gasteiger partial charge in [0.15, 0.2) is 0 Å². The largest absolute Gasteiger partial charge is 0.330 e. The summed E-state index contributed by atoms with van der Waals surface area (Å²) in [7, 11) is 0. The monoisotopic (exact) mass is 201 g/mol. The third-order valence-corrected chi connectivity index (χ3v) is 3.39. The second kappa shape index (κ2) is 3.49. The zero-order chi connectivity index (χ0) is 11.1. The van der Waals surface area contributed by atoms with Gasteiger partial charge in [-0.05, 0) is 35.6 Å². The maximum atomic E-state index is 5.85. The fourth-order valence-corrected chi connectivity index (χ4v) is 2.32. The smallest absolute Gasteiger partial charge is 0.00221 e. The van der Waals surface area contributed by atoms with E-state index in [0.717, 1.165) is 6.42 Å². The quantitative estimate of drug-likeness (QED) is 0.782. The molecule has 1 aromatic carbocycles. The summed E-state index contributed by atoms with van der Waals surface area (Å²) < 4.78 is 0. The maximum Gasteiger partial charge on any atom is 0.00221 e. The van der Waals surface area contributed by atoms with E-state index >= 15 is 0 Å². The highest BCUT2D eigenvalue weighted by Gasteiger charge is 2.28. The predicted octanol–water partition coefficient (Wildman–Crippen LogP) is 2.92. The lowest BCUT2D eigenvalue weighted by Crippen LogP contribution is -2.24. The molecule has 2 rings (SSSR count). The molecule has 0 radical (unpaired) electrons. The molecule has 1 nitrogen and oxygen atoms in total. The number of allylic oxidation sites excluding steroid dienone is 1. The van der Waals surface area contributed by atoms with Gasteiger partial charge in [0.25, 0.3) is 0 Å². The number of hydrogen-bond donors (Lipinski definition) is 1. The number of fused-ring (bicyclic) bond motifs is 1. The van der Waals surface area contributed by atoms with Crippen molar-refractivity contribution in [3.05, 3.63) is 41.0 Å². The molecule has 0 unspecified atom stereocenters. The van der Waals surface area contributed by atoms with Crippen LogP contribution in [0.4, 0.5) is 0 Å². The molecule has 0 atom stereocenters. The minimum atomic E-state index is 0.0946. The molecule has 1 heteroatoms. The summed E-state index contributed by atoms with van der Waals surface area (Å²) in [5.74, 6) is 0. The van der Waals surface area contributed by atoms with Gasteiger partial charge in [0.05, 0.1) is 0 Å². The molecule has 1 aliphatic rings. The second-order valence-electron chi connectivity index (χ2n) is 5.02. The van der Waals surface area contributed by atoms with Crippen LogP contribution in [0.1, 0.15) is 30.5 Å². The fraction of sp³-hybridized carbons (Fsp3) is 0.429. The van der Waals surface area contributed by atoms with E-state index in [1.807, 2.05) is 0 Å². The van der Waals surface area contributed by atoms with Crippen LogP contribution in [0.3, 0.4) is 0 Å². The van der Waals surface area contributed by atoms with Gasteiger partial charge >= 0.3 is 0 Å². The van der Waals surface area contributed by atoms with Crippen molar-refractivity contribution in [1.82, 2.24) is 0 Å². The van der Waals surface area contributed by atoms with Crippen molar-refractivity contribution in [2.45, 2.75) is 27.2 Å². The predicted molar refractivity (Wildman–Crippen MR) is 65.7 cm³/mol. The Morgan fingerprint density at radius 3 is 2.73 bits per heavy atom. The van der Waals surface area contributed by atoms with Gasteiger partial charge < -0.3 is 5.73 Å². The number of rotatable bonds is 2. The fourth-order valence-electron chi connectivity index (χ4n) is 2.32. The molecule has 0 saturated carbocycles. The summed E-state index contributed by atoms with van der Waals surface area (Å²) >= 11 is 0. The van der Waals surface area contributed by atoms with Crippen LogP contribution in [-0.2, 0) is 6.42 Å². The lowest BCUT2D eigenvalue weighted by atomic mass is 9.80. The van der Waals surface area contributed by atoms with E-state index in [9.17, 15) is 0 Å². The molecule has 0 aliphatic heterocycles. The first-order chi connectivity index (χ1) is 7.06. The third kappa shape index (κ3) is 1.61. The molecule has 1 aliphatic carbocycles. The Bertz CT molecular complexity index is 413. The van der Waals surface area contributed by atoms with Crippen molar-refractivity contribution in [2.75, 3.05) is 6.54 Å². The Morgan fingerprint density at radius 1 is 1.33 bits per heavy atom. The Kier molecular flexibility index (Phi) is 2.43. The second-order valence-corrected chi connectivity index (χ2v) is 5.02. The Hall–Kier alpha value is -1.08. The van der Waals surface area contributed by atoms with Gasteiger partial charge in [-0.3, -0.25) is 0 Å². The van der Waals surface area contributed by atoms with Crippen LogP contribution < -0.4 is 5.73 Å². The summed E-state index contributed by atoms with van der Waals surface area (Å²) in [6.45, 7) is 7.33. The van der Waals surface area contributed by atoms with E-state index in [4.69, 9.17) is 5.73 Å². The highest BCUT2D eigenvalue weighted by molar-refractivity contribution is 5.78. The van der Waals surface area contributed by atoms with Crippen LogP contribution in [0.15, 0.2) is 24.3 Å². The average molecular weight is 201 g/mol. The van der Waals surface area contributed by atoms with Crippen molar-refractivity contribution in [1.29, 1.82) is 0 Å². The van der Waals surface area contributed by atoms with Crippen molar-refractivity contribution >= 4 is 5.57 Å². The third-order valence-electron chi connectivity index (χ3n) is 3.39. The SMILES string of the molecule is Cc1cccc2c1C(C(C)(C)CN)=CC2. The van der Waals surface area contributed by atoms with E-state index in [-0.39, 0.29) is 5.41 Å². The summed E-state index contributed by atoms with van der Waals surface area (Å²) in [6, 6.07) is 6.55. The van der Waals surface area contributed by atoms with Gasteiger partial charge in [0.2, 0.25) is 0 Å². The lowest BCUT2D eigenvalue weighted by molar-refractivity contribution is 0.516. The molecule has 0 aromatic heterocycles. The zero-order valence-corrected chi connectivity index (χ0v) is 9.80. The highest BCUT2D eigenvalue weighted by Crippen LogP contribution is 2.41. The van der Waals surface area contributed by atoms with Crippen LogP contribution in [0.25, 0.3) is 5.57 Å². The van der Waals surface area contributed by atoms with Gasteiger partial charge in [0, 0.05) is 12.0 Å². The molecule has 0 fully saturated rings. The molecule has 0 bridgehead atoms. The van der Waals surface area contributed by atoms with Crippen LogP contribution in [0.2, 0.25) is 0 Å². The van der Waals surface area contributed by atoms with Crippen LogP contribution in [-0.4, -0.2) is 6.54 Å². The van der Waals surface area contributed by atoms with Gasteiger partial charge in [0.1, 0.15) is 0 Å². The van der Waals surface area contributed by atoms with Gasteiger partial charge in [-0.1, -0.05) is 38.1 Å². The highest BCUT2D eigenvalue weighted by atomic mass is 14.6. The molecular formula is C14H19N. The minimum Gasteiger partial charge on any atom is -0.330 e. The van der Waals surface area contributed by atoms with E-state index < -0.39 is 0 Å². The molecule has 0 amide bonds. The van der Waals surface area contributed by atoms with Gasteiger partial charge in [-0.25, -0.2) is 0 Å². The maximum absolute atomic E-state index is 5.85. The van der Waals surface area contributed by atoms with Gasteiger partial charge in [-0.15, -0.1) is 0 Å². The molecule has 80 valence electrons. The van der Waals surface area contributed by atoms with Crippen molar-refractivity contribution in [2.24, 2.45) is 11.1 Å². The van der Waals surface area contributed by atoms with E-state index in [1.54, 1.807) is 0 Å². The molecule has 2 N–H and O–H groups in total. The van der Waals surface area contributed by atoms with Crippen molar-refractivity contribution < 1.29 is 0 Å². The minimum absolute atomic E-state index is 0.0946. The molecule has 0 spiro atoms. The Balaban J connectivity index is 2.51. The number of aryl methyl sites for hydroxylation is 1. The first-order valence-corrected chi connectivity index (χ1v) is 5.56. The summed E-state index contributed by atoms with van der Waals surface area (Å²) in [5.41, 5.74) is 11.6. The summed E-state index contributed by atoms with van der Waals surface area (Å²) in [6.07, 6.45) is 3.40. The van der Waals surface area contributed by atoms with E-state index in [0.29, 0.717) is 6.54 Å².